The van der Waals surface area contributed by atoms with Gasteiger partial charge in [-0.15, -0.1) is 11.3 Å². The summed E-state index contributed by atoms with van der Waals surface area (Å²) in [6.45, 7) is 0.675. The van der Waals surface area contributed by atoms with Crippen LogP contribution in [0.4, 0.5) is 0 Å². The molecule has 2 heterocycles. The number of aromatic nitrogens is 1. The van der Waals surface area contributed by atoms with E-state index >= 15 is 0 Å². The molecule has 0 bridgehead atoms. The van der Waals surface area contributed by atoms with Gasteiger partial charge in [-0.1, -0.05) is 6.07 Å². The van der Waals surface area contributed by atoms with E-state index in [-0.39, 0.29) is 5.91 Å². The van der Waals surface area contributed by atoms with E-state index in [2.05, 4.69) is 10.3 Å². The van der Waals surface area contributed by atoms with Crippen LogP contribution < -0.4 is 5.32 Å². The second-order valence-electron chi connectivity index (χ2n) is 3.20. The van der Waals surface area contributed by atoms with Gasteiger partial charge in [0.15, 0.2) is 0 Å². The number of carbonyl (C=O) groups excluding carboxylic acids is 1. The SMILES string of the molecule is O=C(NCCc1cc[nH]c1)c1cccs1. The molecule has 0 aromatic carbocycles. The molecule has 2 rings (SSSR count). The van der Waals surface area contributed by atoms with E-state index in [0.29, 0.717) is 6.54 Å². The van der Waals surface area contributed by atoms with Gasteiger partial charge in [-0.25, -0.2) is 0 Å². The summed E-state index contributed by atoms with van der Waals surface area (Å²) < 4.78 is 0. The fraction of sp³-hybridized carbons (Fsp3) is 0.182. The van der Waals surface area contributed by atoms with Gasteiger partial charge in [-0.3, -0.25) is 4.79 Å². The number of hydrogen-bond acceptors (Lipinski definition) is 2. The zero-order valence-electron chi connectivity index (χ0n) is 8.19. The summed E-state index contributed by atoms with van der Waals surface area (Å²) in [5.41, 5.74) is 1.21. The molecule has 3 nitrogen and oxygen atoms in total. The summed E-state index contributed by atoms with van der Waals surface area (Å²) in [7, 11) is 0. The molecule has 0 spiro atoms. The molecule has 0 fully saturated rings. The normalized spacial score (nSPS) is 10.1. The van der Waals surface area contributed by atoms with Crippen LogP contribution in [0.5, 0.6) is 0 Å². The van der Waals surface area contributed by atoms with E-state index in [1.807, 2.05) is 36.0 Å². The van der Waals surface area contributed by atoms with Crippen LogP contribution in [0.1, 0.15) is 15.2 Å². The van der Waals surface area contributed by atoms with Gasteiger partial charge in [0.25, 0.3) is 5.91 Å². The maximum atomic E-state index is 11.5. The van der Waals surface area contributed by atoms with Crippen molar-refractivity contribution in [1.29, 1.82) is 0 Å². The topological polar surface area (TPSA) is 44.9 Å². The first-order chi connectivity index (χ1) is 7.36. The molecule has 2 aromatic rings. The molecule has 0 aliphatic heterocycles. The number of hydrogen-bond donors (Lipinski definition) is 2. The highest BCUT2D eigenvalue weighted by Gasteiger charge is 2.04. The molecule has 4 heteroatoms. The second kappa shape index (κ2) is 4.79. The molecule has 0 atom stereocenters. The van der Waals surface area contributed by atoms with Crippen molar-refractivity contribution in [3.8, 4) is 0 Å². The largest absolute Gasteiger partial charge is 0.367 e. The van der Waals surface area contributed by atoms with Crippen molar-refractivity contribution in [2.24, 2.45) is 0 Å². The smallest absolute Gasteiger partial charge is 0.261 e. The lowest BCUT2D eigenvalue weighted by Crippen LogP contribution is -2.24. The number of nitrogens with one attached hydrogen (secondary N) is 2. The molecule has 2 aromatic heterocycles. The Morgan fingerprint density at radius 3 is 3.07 bits per heavy atom. The zero-order chi connectivity index (χ0) is 10.5. The summed E-state index contributed by atoms with van der Waals surface area (Å²) in [6, 6.07) is 5.72. The molecule has 2 N–H and O–H groups in total. The Morgan fingerprint density at radius 1 is 1.47 bits per heavy atom. The third kappa shape index (κ3) is 2.70. The van der Waals surface area contributed by atoms with Crippen LogP contribution in [-0.4, -0.2) is 17.4 Å². The van der Waals surface area contributed by atoms with E-state index in [9.17, 15) is 4.79 Å². The number of H-pyrrole nitrogens is 1. The van der Waals surface area contributed by atoms with Crippen LogP contribution in [0.25, 0.3) is 0 Å². The standard InChI is InChI=1S/C11H12N2OS/c14-11(10-2-1-7-15-10)13-6-4-9-3-5-12-8-9/h1-3,5,7-8,12H,4,6H2,(H,13,14). The zero-order valence-corrected chi connectivity index (χ0v) is 9.01. The molecule has 0 unspecified atom stereocenters. The Bertz CT molecular complexity index is 406. The molecular weight excluding hydrogens is 208 g/mol. The highest BCUT2D eigenvalue weighted by molar-refractivity contribution is 7.12. The predicted octanol–water partition coefficient (Wildman–Crippen LogP) is 2.05. The van der Waals surface area contributed by atoms with Crippen molar-refractivity contribution in [3.63, 3.8) is 0 Å². The fourth-order valence-corrected chi connectivity index (χ4v) is 1.97. The Kier molecular flexibility index (Phi) is 3.19. The van der Waals surface area contributed by atoms with Gasteiger partial charge in [-0.2, -0.15) is 0 Å². The maximum absolute atomic E-state index is 11.5. The molecule has 15 heavy (non-hydrogen) atoms. The lowest BCUT2D eigenvalue weighted by atomic mass is 10.2. The molecule has 0 aliphatic carbocycles. The predicted molar refractivity (Wildman–Crippen MR) is 61.1 cm³/mol. The third-order valence-electron chi connectivity index (χ3n) is 2.11. The van der Waals surface area contributed by atoms with Crippen molar-refractivity contribution in [1.82, 2.24) is 10.3 Å². The van der Waals surface area contributed by atoms with Crippen LogP contribution in [0.15, 0.2) is 36.0 Å². The molecule has 0 aliphatic rings. The maximum Gasteiger partial charge on any atom is 0.261 e. The highest BCUT2D eigenvalue weighted by Crippen LogP contribution is 2.07. The first-order valence-corrected chi connectivity index (χ1v) is 5.67. The van der Waals surface area contributed by atoms with E-state index in [1.54, 1.807) is 0 Å². The molecule has 0 saturated carbocycles. The molecule has 0 saturated heterocycles. The lowest BCUT2D eigenvalue weighted by Gasteiger charge is -2.01. The van der Waals surface area contributed by atoms with Crippen molar-refractivity contribution < 1.29 is 4.79 Å². The fourth-order valence-electron chi connectivity index (χ4n) is 1.33. The van der Waals surface area contributed by atoms with Crippen LogP contribution in [-0.2, 0) is 6.42 Å². The van der Waals surface area contributed by atoms with Gasteiger partial charge in [0, 0.05) is 18.9 Å². The number of thiophene rings is 1. The monoisotopic (exact) mass is 220 g/mol. The molecular formula is C11H12N2OS. The average molecular weight is 220 g/mol. The van der Waals surface area contributed by atoms with Crippen LogP contribution in [0.2, 0.25) is 0 Å². The van der Waals surface area contributed by atoms with Gasteiger partial charge in [0.2, 0.25) is 0 Å². The Hall–Kier alpha value is -1.55. The van der Waals surface area contributed by atoms with Crippen LogP contribution in [0, 0.1) is 0 Å². The minimum atomic E-state index is 0.0144. The lowest BCUT2D eigenvalue weighted by molar-refractivity contribution is 0.0958. The van der Waals surface area contributed by atoms with E-state index in [1.165, 1.54) is 16.9 Å². The summed E-state index contributed by atoms with van der Waals surface area (Å²) in [4.78, 5) is 15.3. The van der Waals surface area contributed by atoms with Crippen molar-refractivity contribution in [2.75, 3.05) is 6.54 Å². The van der Waals surface area contributed by atoms with E-state index < -0.39 is 0 Å². The summed E-state index contributed by atoms with van der Waals surface area (Å²) in [5.74, 6) is 0.0144. The summed E-state index contributed by atoms with van der Waals surface area (Å²) in [5, 5.41) is 4.78. The van der Waals surface area contributed by atoms with E-state index in [4.69, 9.17) is 0 Å². The van der Waals surface area contributed by atoms with E-state index in [0.717, 1.165) is 11.3 Å². The summed E-state index contributed by atoms with van der Waals surface area (Å²) in [6.07, 6.45) is 4.69. The number of carbonyl (C=O) groups is 1. The summed E-state index contributed by atoms with van der Waals surface area (Å²) >= 11 is 1.46. The molecule has 0 radical (unpaired) electrons. The Balaban J connectivity index is 1.77. The molecule has 1 amide bonds. The number of amides is 1. The molecule has 78 valence electrons. The number of aromatic amines is 1. The Labute approximate surface area is 92.1 Å². The quantitative estimate of drug-likeness (QED) is 0.813. The van der Waals surface area contributed by atoms with Crippen molar-refractivity contribution in [2.45, 2.75) is 6.42 Å². The van der Waals surface area contributed by atoms with Gasteiger partial charge in [0.05, 0.1) is 4.88 Å². The number of rotatable bonds is 4. The minimum absolute atomic E-state index is 0.0144. The minimum Gasteiger partial charge on any atom is -0.367 e. The first kappa shape index (κ1) is 9.98. The van der Waals surface area contributed by atoms with Gasteiger partial charge in [-0.05, 0) is 29.5 Å². The van der Waals surface area contributed by atoms with Crippen LogP contribution >= 0.6 is 11.3 Å². The average Bonchev–Trinajstić information content (AvgIpc) is 2.90. The highest BCUT2D eigenvalue weighted by atomic mass is 32.1. The van der Waals surface area contributed by atoms with Crippen molar-refractivity contribution >= 4 is 17.2 Å². The van der Waals surface area contributed by atoms with Gasteiger partial charge < -0.3 is 10.3 Å². The second-order valence-corrected chi connectivity index (χ2v) is 4.15. The van der Waals surface area contributed by atoms with Gasteiger partial charge in [0.1, 0.15) is 0 Å². The third-order valence-corrected chi connectivity index (χ3v) is 2.98. The Morgan fingerprint density at radius 2 is 2.40 bits per heavy atom. The van der Waals surface area contributed by atoms with Gasteiger partial charge >= 0.3 is 0 Å². The first-order valence-electron chi connectivity index (χ1n) is 4.79. The van der Waals surface area contributed by atoms with Crippen LogP contribution in [0.3, 0.4) is 0 Å². The van der Waals surface area contributed by atoms with Crippen molar-refractivity contribution in [3.05, 3.63) is 46.4 Å².